The van der Waals surface area contributed by atoms with Gasteiger partial charge in [0, 0.05) is 10.6 Å². The van der Waals surface area contributed by atoms with E-state index >= 15 is 0 Å². The fourth-order valence-corrected chi connectivity index (χ4v) is 3.83. The average molecular weight is 375 g/mol. The Morgan fingerprint density at radius 2 is 1.88 bits per heavy atom. The Labute approximate surface area is 152 Å². The predicted octanol–water partition coefficient (Wildman–Crippen LogP) is 0.526. The minimum Gasteiger partial charge on any atom is -0.508 e. The Hall–Kier alpha value is -2.40. The second kappa shape index (κ2) is 6.72. The lowest BCUT2D eigenvalue weighted by molar-refractivity contribution is -0.0289. The van der Waals surface area contributed by atoms with Crippen LogP contribution in [0.5, 0.6) is 5.75 Å². The first kappa shape index (κ1) is 17.0. The van der Waals surface area contributed by atoms with E-state index in [-0.39, 0.29) is 11.6 Å². The number of imidazole rings is 1. The Kier molecular flexibility index (Phi) is 4.41. The van der Waals surface area contributed by atoms with Gasteiger partial charge in [-0.1, -0.05) is 0 Å². The number of anilines is 1. The molecule has 136 valence electrons. The van der Waals surface area contributed by atoms with Gasteiger partial charge in [-0.25, -0.2) is 15.0 Å². The van der Waals surface area contributed by atoms with Crippen molar-refractivity contribution in [3.63, 3.8) is 0 Å². The Morgan fingerprint density at radius 1 is 1.12 bits per heavy atom. The lowest BCUT2D eigenvalue weighted by Crippen LogP contribution is -2.32. The number of nitrogens with zero attached hydrogens (tertiary/aromatic N) is 4. The summed E-state index contributed by atoms with van der Waals surface area (Å²) in [4.78, 5) is 13.1. The number of aromatic nitrogens is 4. The molecule has 9 nitrogen and oxygen atoms in total. The maximum absolute atomic E-state index is 10.4. The van der Waals surface area contributed by atoms with E-state index in [0.717, 1.165) is 4.90 Å². The number of aromatic hydroxyl groups is 1. The van der Waals surface area contributed by atoms with Crippen LogP contribution >= 0.6 is 11.8 Å². The van der Waals surface area contributed by atoms with Crippen molar-refractivity contribution in [2.24, 2.45) is 0 Å². The van der Waals surface area contributed by atoms with Gasteiger partial charge in [0.1, 0.15) is 29.8 Å². The van der Waals surface area contributed by atoms with Crippen LogP contribution in [0, 0.1) is 0 Å². The molecular weight excluding hydrogens is 358 g/mol. The van der Waals surface area contributed by atoms with Crippen LogP contribution in [-0.4, -0.2) is 58.9 Å². The van der Waals surface area contributed by atoms with Crippen molar-refractivity contribution < 1.29 is 20.1 Å². The van der Waals surface area contributed by atoms with E-state index in [2.05, 4.69) is 15.0 Å². The highest BCUT2D eigenvalue weighted by molar-refractivity contribution is 7.99. The standard InChI is InChI=1S/C16H17N5O4S/c17-14-11-15(19-6-18-14)21(7-20-11)16-13(24)12(23)10(25-16)5-26-9-3-1-8(22)2-4-9/h1-4,6-7,10,12-13,16,22-24H,5H2,(H2,17,18,19)/t10-,12-,13-,16?/m1/s1. The summed E-state index contributed by atoms with van der Waals surface area (Å²) in [5.74, 6) is 0.861. The van der Waals surface area contributed by atoms with Crippen molar-refractivity contribution in [3.8, 4) is 5.75 Å². The van der Waals surface area contributed by atoms with Crippen LogP contribution in [0.15, 0.2) is 41.8 Å². The van der Waals surface area contributed by atoms with Gasteiger partial charge < -0.3 is 25.8 Å². The largest absolute Gasteiger partial charge is 0.508 e. The summed E-state index contributed by atoms with van der Waals surface area (Å²) >= 11 is 1.46. The van der Waals surface area contributed by atoms with Gasteiger partial charge in [-0.2, -0.15) is 0 Å². The molecule has 1 aliphatic rings. The van der Waals surface area contributed by atoms with E-state index in [1.807, 2.05) is 0 Å². The number of aliphatic hydroxyl groups excluding tert-OH is 2. The van der Waals surface area contributed by atoms with Gasteiger partial charge in [0.15, 0.2) is 17.7 Å². The number of hydrogen-bond acceptors (Lipinski definition) is 9. The molecule has 1 fully saturated rings. The minimum absolute atomic E-state index is 0.190. The van der Waals surface area contributed by atoms with Gasteiger partial charge >= 0.3 is 0 Å². The number of hydrogen-bond donors (Lipinski definition) is 4. The van der Waals surface area contributed by atoms with Crippen molar-refractivity contribution >= 4 is 28.7 Å². The van der Waals surface area contributed by atoms with Crippen LogP contribution < -0.4 is 5.73 Å². The van der Waals surface area contributed by atoms with Crippen molar-refractivity contribution in [3.05, 3.63) is 36.9 Å². The molecule has 0 spiro atoms. The van der Waals surface area contributed by atoms with Crippen molar-refractivity contribution in [2.45, 2.75) is 29.4 Å². The van der Waals surface area contributed by atoms with Crippen LogP contribution in [0.4, 0.5) is 5.82 Å². The SMILES string of the molecule is Nc1ncnc2c1ncn2C1O[C@H](CSc2ccc(O)cc2)[C@@H](O)[C@H]1O. The maximum atomic E-state index is 10.4. The third kappa shape index (κ3) is 2.97. The first-order chi connectivity index (χ1) is 12.5. The molecular formula is C16H17N5O4S. The van der Waals surface area contributed by atoms with Crippen molar-refractivity contribution in [2.75, 3.05) is 11.5 Å². The molecule has 1 unspecified atom stereocenters. The molecule has 10 heteroatoms. The molecule has 4 rings (SSSR count). The first-order valence-electron chi connectivity index (χ1n) is 7.91. The van der Waals surface area contributed by atoms with Crippen LogP contribution in [0.1, 0.15) is 6.23 Å². The Morgan fingerprint density at radius 3 is 2.65 bits per heavy atom. The average Bonchev–Trinajstić information content (AvgIpc) is 3.18. The van der Waals surface area contributed by atoms with Crippen molar-refractivity contribution in [1.82, 2.24) is 19.5 Å². The van der Waals surface area contributed by atoms with Gasteiger partial charge in [0.2, 0.25) is 0 Å². The number of ether oxygens (including phenoxy) is 1. The van der Waals surface area contributed by atoms with Crippen LogP contribution in [-0.2, 0) is 4.74 Å². The van der Waals surface area contributed by atoms with Gasteiger partial charge in [0.25, 0.3) is 0 Å². The second-order valence-electron chi connectivity index (χ2n) is 5.93. The molecule has 0 aliphatic carbocycles. The summed E-state index contributed by atoms with van der Waals surface area (Å²) < 4.78 is 7.42. The third-order valence-electron chi connectivity index (χ3n) is 4.25. The number of benzene rings is 1. The predicted molar refractivity (Wildman–Crippen MR) is 94.5 cm³/mol. The molecule has 3 heterocycles. The number of phenolic OH excluding ortho intramolecular Hbond substituents is 1. The molecule has 3 aromatic rings. The summed E-state index contributed by atoms with van der Waals surface area (Å²) in [6.45, 7) is 0. The smallest absolute Gasteiger partial charge is 0.167 e. The molecule has 0 saturated carbocycles. The summed E-state index contributed by atoms with van der Waals surface area (Å²) in [5, 5.41) is 30.1. The summed E-state index contributed by atoms with van der Waals surface area (Å²) in [7, 11) is 0. The highest BCUT2D eigenvalue weighted by atomic mass is 32.2. The van der Waals surface area contributed by atoms with E-state index in [1.54, 1.807) is 28.8 Å². The van der Waals surface area contributed by atoms with E-state index < -0.39 is 24.5 Å². The first-order valence-corrected chi connectivity index (χ1v) is 8.89. The van der Waals surface area contributed by atoms with E-state index in [1.165, 1.54) is 24.4 Å². The second-order valence-corrected chi connectivity index (χ2v) is 7.03. The van der Waals surface area contributed by atoms with Gasteiger partial charge in [-0.05, 0) is 24.3 Å². The van der Waals surface area contributed by atoms with Crippen LogP contribution in [0.3, 0.4) is 0 Å². The lowest BCUT2D eigenvalue weighted by Gasteiger charge is -2.16. The van der Waals surface area contributed by atoms with Crippen molar-refractivity contribution in [1.29, 1.82) is 0 Å². The summed E-state index contributed by atoms with van der Waals surface area (Å²) in [6, 6.07) is 6.73. The maximum Gasteiger partial charge on any atom is 0.167 e. The molecule has 4 atom stereocenters. The third-order valence-corrected chi connectivity index (χ3v) is 5.35. The molecule has 2 aromatic heterocycles. The highest BCUT2D eigenvalue weighted by Gasteiger charge is 2.44. The van der Waals surface area contributed by atoms with E-state index in [9.17, 15) is 15.3 Å². The molecule has 0 bridgehead atoms. The normalized spacial score (nSPS) is 25.8. The fourth-order valence-electron chi connectivity index (χ4n) is 2.87. The molecule has 0 amide bonds. The Balaban J connectivity index is 1.52. The van der Waals surface area contributed by atoms with Gasteiger partial charge in [-0.15, -0.1) is 11.8 Å². The summed E-state index contributed by atoms with van der Waals surface area (Å²) in [5.41, 5.74) is 6.63. The molecule has 1 aliphatic heterocycles. The number of thioether (sulfide) groups is 1. The Bertz CT molecular complexity index is 919. The number of nitrogens with two attached hydrogens (primary N) is 1. The molecule has 1 aromatic carbocycles. The topological polar surface area (TPSA) is 140 Å². The van der Waals surface area contributed by atoms with Gasteiger partial charge in [0.05, 0.1) is 12.4 Å². The quantitative estimate of drug-likeness (QED) is 0.481. The number of rotatable bonds is 4. The monoisotopic (exact) mass is 375 g/mol. The molecule has 5 N–H and O–H groups in total. The van der Waals surface area contributed by atoms with Crippen LogP contribution in [0.2, 0.25) is 0 Å². The molecule has 26 heavy (non-hydrogen) atoms. The number of fused-ring (bicyclic) bond motifs is 1. The lowest BCUT2D eigenvalue weighted by atomic mass is 10.1. The molecule has 0 radical (unpaired) electrons. The summed E-state index contributed by atoms with van der Waals surface area (Å²) in [6.07, 6.45) is -0.812. The number of phenols is 1. The zero-order valence-corrected chi connectivity index (χ0v) is 14.3. The zero-order chi connectivity index (χ0) is 18.3. The number of aliphatic hydroxyl groups is 2. The van der Waals surface area contributed by atoms with Gasteiger partial charge in [-0.3, -0.25) is 4.57 Å². The number of nitrogen functional groups attached to an aromatic ring is 1. The minimum atomic E-state index is -1.13. The van der Waals surface area contributed by atoms with Crippen LogP contribution in [0.25, 0.3) is 11.2 Å². The zero-order valence-electron chi connectivity index (χ0n) is 13.5. The van der Waals surface area contributed by atoms with E-state index in [0.29, 0.717) is 16.9 Å². The van der Waals surface area contributed by atoms with E-state index in [4.69, 9.17) is 10.5 Å². The molecule has 1 saturated heterocycles. The fraction of sp³-hybridized carbons (Fsp3) is 0.312. The highest BCUT2D eigenvalue weighted by Crippen LogP contribution is 2.34.